The van der Waals surface area contributed by atoms with Gasteiger partial charge in [0.15, 0.2) is 0 Å². The van der Waals surface area contributed by atoms with E-state index in [-0.39, 0.29) is 44.6 Å². The van der Waals surface area contributed by atoms with Gasteiger partial charge < -0.3 is 68.8 Å². The van der Waals surface area contributed by atoms with Gasteiger partial charge in [0, 0.05) is 42.9 Å². The molecule has 10 amide bonds. The maximum Gasteiger partial charge on any atom is 0.248 e. The minimum Gasteiger partial charge on any atom is -0.394 e. The molecule has 23 nitrogen and oxygen atoms in total. The molecule has 2 aromatic carbocycles. The van der Waals surface area contributed by atoms with Crippen LogP contribution in [0, 0.1) is 5.92 Å². The van der Waals surface area contributed by atoms with E-state index in [1.165, 1.54) is 6.92 Å². The number of amides is 10. The van der Waals surface area contributed by atoms with E-state index >= 15 is 0 Å². The topological polar surface area (TPSA) is 366 Å². The van der Waals surface area contributed by atoms with E-state index in [2.05, 4.69) is 42.2 Å². The number of primary amides is 2. The molecule has 0 aliphatic carbocycles. The Hall–Kier alpha value is -7.40. The number of carbonyl (C=O) groups excluding carboxylic acids is 10. The molecule has 0 saturated carbocycles. The minimum atomic E-state index is -1.69. The molecule has 9 atom stereocenters. The van der Waals surface area contributed by atoms with Gasteiger partial charge in [-0.1, -0.05) is 62.4 Å². The van der Waals surface area contributed by atoms with Crippen molar-refractivity contribution >= 4 is 70.0 Å². The number of rotatable bonds is 23. The number of aliphatic hydroxyl groups excluding tert-OH is 2. The van der Waals surface area contributed by atoms with Crippen molar-refractivity contribution in [2.45, 2.75) is 120 Å². The number of nitrogens with one attached hydrogen (secondary N) is 8. The second-order valence-electron chi connectivity index (χ2n) is 17.6. The molecule has 3 heterocycles. The normalized spacial score (nSPS) is 18.6. The lowest BCUT2D eigenvalue weighted by Gasteiger charge is -2.32. The highest BCUT2D eigenvalue weighted by molar-refractivity contribution is 6.00. The first-order valence-electron chi connectivity index (χ1n) is 22.6. The Labute approximate surface area is 397 Å². The van der Waals surface area contributed by atoms with Crippen molar-refractivity contribution in [1.29, 1.82) is 0 Å². The largest absolute Gasteiger partial charge is 0.394 e. The summed E-state index contributed by atoms with van der Waals surface area (Å²) in [6, 6.07) is 4.66. The number of para-hydroxylation sites is 1. The Balaban J connectivity index is 1.27. The number of nitrogens with two attached hydrogens (primary N) is 2. The number of nitrogens with zero attached hydrogens (tertiary/aromatic N) is 1. The Morgan fingerprint density at radius 1 is 0.725 bits per heavy atom. The molecule has 2 aliphatic rings. The van der Waals surface area contributed by atoms with Crippen LogP contribution in [-0.2, 0) is 60.8 Å². The molecule has 0 bridgehead atoms. The molecule has 372 valence electrons. The number of H-pyrrole nitrogens is 1. The van der Waals surface area contributed by atoms with Gasteiger partial charge in [0.05, 0.1) is 19.1 Å². The Kier molecular flexibility index (Phi) is 18.3. The fourth-order valence-electron chi connectivity index (χ4n) is 8.20. The lowest BCUT2D eigenvalue weighted by atomic mass is 10.0. The number of likely N-dealkylation sites (tertiary alicyclic amines) is 1. The van der Waals surface area contributed by atoms with Crippen LogP contribution in [0.3, 0.4) is 0 Å². The van der Waals surface area contributed by atoms with Crippen LogP contribution in [0.5, 0.6) is 0 Å². The molecule has 23 heteroatoms. The summed E-state index contributed by atoms with van der Waals surface area (Å²) in [5, 5.41) is 39.3. The van der Waals surface area contributed by atoms with Crippen LogP contribution in [0.25, 0.3) is 10.9 Å². The van der Waals surface area contributed by atoms with Crippen LogP contribution in [0.15, 0.2) is 60.8 Å². The van der Waals surface area contributed by atoms with Gasteiger partial charge in [-0.3, -0.25) is 47.9 Å². The zero-order chi connectivity index (χ0) is 50.5. The average molecular weight is 960 g/mol. The predicted molar refractivity (Wildman–Crippen MR) is 246 cm³/mol. The molecular formula is C46H61N11O12. The average Bonchev–Trinajstić information content (AvgIpc) is 4.08. The smallest absolute Gasteiger partial charge is 0.248 e. The van der Waals surface area contributed by atoms with Gasteiger partial charge in [-0.2, -0.15) is 0 Å². The lowest BCUT2D eigenvalue weighted by Crippen LogP contribution is -2.62. The van der Waals surface area contributed by atoms with Crippen molar-refractivity contribution < 1.29 is 58.2 Å². The monoisotopic (exact) mass is 959 g/mol. The highest BCUT2D eigenvalue weighted by Crippen LogP contribution is 2.21. The zero-order valence-corrected chi connectivity index (χ0v) is 38.5. The highest BCUT2D eigenvalue weighted by atomic mass is 16.3. The molecule has 1 aromatic heterocycles. The Morgan fingerprint density at radius 2 is 1.36 bits per heavy atom. The van der Waals surface area contributed by atoms with Crippen LogP contribution in [-0.4, -0.2) is 147 Å². The van der Waals surface area contributed by atoms with Gasteiger partial charge in [-0.15, -0.1) is 0 Å². The van der Waals surface area contributed by atoms with E-state index < -0.39 is 127 Å². The first-order valence-corrected chi connectivity index (χ1v) is 22.6. The third-order valence-corrected chi connectivity index (χ3v) is 12.0. The summed E-state index contributed by atoms with van der Waals surface area (Å²) >= 11 is 0. The number of hydrogen-bond donors (Lipinski definition) is 12. The summed E-state index contributed by atoms with van der Waals surface area (Å²) < 4.78 is 0. The number of benzene rings is 2. The van der Waals surface area contributed by atoms with E-state index in [1.54, 1.807) is 56.4 Å². The van der Waals surface area contributed by atoms with E-state index in [0.717, 1.165) is 15.8 Å². The van der Waals surface area contributed by atoms with Gasteiger partial charge in [0.25, 0.3) is 0 Å². The molecule has 0 radical (unpaired) electrons. The van der Waals surface area contributed by atoms with Crippen LogP contribution < -0.4 is 48.7 Å². The summed E-state index contributed by atoms with van der Waals surface area (Å²) in [7, 11) is 0. The van der Waals surface area contributed by atoms with E-state index in [9.17, 15) is 58.2 Å². The molecule has 2 saturated heterocycles. The fourth-order valence-corrected chi connectivity index (χ4v) is 8.20. The summed E-state index contributed by atoms with van der Waals surface area (Å²) in [6.45, 7) is 3.57. The van der Waals surface area contributed by atoms with Crippen molar-refractivity contribution in [3.8, 4) is 0 Å². The second kappa shape index (κ2) is 24.1. The minimum absolute atomic E-state index is 0.00134. The first kappa shape index (κ1) is 52.6. The predicted octanol–water partition coefficient (Wildman–Crippen LogP) is -3.48. The summed E-state index contributed by atoms with van der Waals surface area (Å²) in [5.74, 6) is -8.89. The molecule has 14 N–H and O–H groups in total. The summed E-state index contributed by atoms with van der Waals surface area (Å²) in [6.07, 6.45) is -0.0752. The number of aromatic amines is 1. The first-order chi connectivity index (χ1) is 32.8. The van der Waals surface area contributed by atoms with Gasteiger partial charge in [0.1, 0.15) is 48.3 Å². The Morgan fingerprint density at radius 3 is 1.99 bits per heavy atom. The molecule has 2 fully saturated rings. The second-order valence-corrected chi connectivity index (χ2v) is 17.6. The van der Waals surface area contributed by atoms with Crippen molar-refractivity contribution in [2.24, 2.45) is 17.4 Å². The summed E-state index contributed by atoms with van der Waals surface area (Å²) in [4.78, 5) is 136. The van der Waals surface area contributed by atoms with Crippen LogP contribution >= 0.6 is 0 Å². The number of carbonyl (C=O) groups is 10. The van der Waals surface area contributed by atoms with Gasteiger partial charge >= 0.3 is 0 Å². The van der Waals surface area contributed by atoms with Crippen molar-refractivity contribution in [3.05, 3.63) is 71.9 Å². The molecule has 3 aromatic rings. The van der Waals surface area contributed by atoms with Crippen molar-refractivity contribution in [1.82, 2.24) is 47.1 Å². The SMILES string of the molecule is CC(C)[C@H](NC(=O)[C@H]1CCC(=O)N1)C(=O)N[C@@H](CC(N)=O)C(=O)N[C@H](Cc1ccccc1)C(=O)N[C@H](C(=O)N1CCCC1C(=O)NC(CO)C(=O)NC(Cc1c[nH]c2ccccc12)C(N)=O)[C@@H](C)O. The van der Waals surface area contributed by atoms with E-state index in [0.29, 0.717) is 17.5 Å². The van der Waals surface area contributed by atoms with Gasteiger partial charge in [-0.05, 0) is 49.3 Å². The highest BCUT2D eigenvalue weighted by Gasteiger charge is 2.42. The number of aliphatic hydroxyl groups is 2. The zero-order valence-electron chi connectivity index (χ0n) is 38.5. The quantitative estimate of drug-likeness (QED) is 0.0441. The molecule has 2 aliphatic heterocycles. The van der Waals surface area contributed by atoms with E-state index in [4.69, 9.17) is 11.5 Å². The maximum absolute atomic E-state index is 14.2. The summed E-state index contributed by atoms with van der Waals surface area (Å²) in [5.41, 5.74) is 13.1. The lowest BCUT2D eigenvalue weighted by molar-refractivity contribution is -0.145. The standard InChI is InChI=1S/C46H61N11O12/c1-23(2)37(55-40(63)29-15-16-36(61)50-29)45(68)53-32(20-35(47)60)41(64)52-31(18-25-10-5-4-6-11-25)42(65)56-38(24(3)59)46(69)57-17-9-14-34(57)44(67)54-33(22-58)43(66)51-30(39(48)62)19-26-21-49-28-13-8-7-12-27(26)28/h4-8,10-13,21,23-24,29-34,37-38,49,58-59H,9,14-20,22H2,1-3H3,(H2,47,60)(H2,48,62)(H,50,61)(H,51,66)(H,52,64)(H,53,68)(H,54,67)(H,55,63)(H,56,65)/t24-,29-,30?,31-,32+,33?,34?,37+,38+/m1/s1. The van der Waals surface area contributed by atoms with Crippen LogP contribution in [0.1, 0.15) is 64.0 Å². The number of aromatic nitrogens is 1. The van der Waals surface area contributed by atoms with Gasteiger partial charge in [0.2, 0.25) is 59.1 Å². The number of fused-ring (bicyclic) bond motifs is 1. The van der Waals surface area contributed by atoms with Crippen molar-refractivity contribution in [3.63, 3.8) is 0 Å². The van der Waals surface area contributed by atoms with Crippen LogP contribution in [0.2, 0.25) is 0 Å². The van der Waals surface area contributed by atoms with Crippen LogP contribution in [0.4, 0.5) is 0 Å². The molecule has 5 rings (SSSR count). The molecule has 69 heavy (non-hydrogen) atoms. The third kappa shape index (κ3) is 14.1. The van der Waals surface area contributed by atoms with E-state index in [1.807, 2.05) is 18.2 Å². The maximum atomic E-state index is 14.2. The molecule has 3 unspecified atom stereocenters. The van der Waals surface area contributed by atoms with Crippen molar-refractivity contribution in [2.75, 3.05) is 13.2 Å². The fraction of sp³-hybridized carbons (Fsp3) is 0.478. The van der Waals surface area contributed by atoms with Gasteiger partial charge in [-0.25, -0.2) is 0 Å². The Bertz CT molecular complexity index is 2390. The third-order valence-electron chi connectivity index (χ3n) is 12.0. The number of hydrogen-bond acceptors (Lipinski definition) is 12. The molecule has 0 spiro atoms. The molecular weight excluding hydrogens is 899 g/mol.